The van der Waals surface area contributed by atoms with Crippen LogP contribution in [0.3, 0.4) is 0 Å². The molecule has 0 N–H and O–H groups in total. The summed E-state index contributed by atoms with van der Waals surface area (Å²) >= 11 is 12.2. The lowest BCUT2D eigenvalue weighted by molar-refractivity contribution is 0.0949. The smallest absolute Gasteiger partial charge is 0.232 e. The number of allylic oxidation sites excluding steroid dienone is 1. The molecule has 5 rings (SSSR count). The molecule has 0 radical (unpaired) electrons. The van der Waals surface area contributed by atoms with Gasteiger partial charge < -0.3 is 14.2 Å². The van der Waals surface area contributed by atoms with Crippen molar-refractivity contribution in [3.63, 3.8) is 0 Å². The number of ether oxygens (including phenoxy) is 3. The summed E-state index contributed by atoms with van der Waals surface area (Å²) in [5, 5.41) is 0.885. The summed E-state index contributed by atoms with van der Waals surface area (Å²) in [6.45, 7) is 3.85. The Hall–Kier alpha value is -2.99. The Morgan fingerprint density at radius 3 is 2.62 bits per heavy atom. The molecule has 3 aromatic rings. The maximum Gasteiger partial charge on any atom is 0.232 e. The molecular formula is C27H23Cl2NO4. The van der Waals surface area contributed by atoms with Crippen LogP contribution in [-0.4, -0.2) is 31.1 Å². The number of carbonyl (C=O) groups is 1. The molecule has 3 aromatic carbocycles. The molecule has 0 unspecified atom stereocenters. The minimum absolute atomic E-state index is 0.142. The zero-order chi connectivity index (χ0) is 23.8. The Kier molecular flexibility index (Phi) is 6.26. The van der Waals surface area contributed by atoms with E-state index in [4.69, 9.17) is 37.4 Å². The van der Waals surface area contributed by atoms with Crippen molar-refractivity contribution in [1.82, 2.24) is 4.90 Å². The molecule has 0 saturated heterocycles. The van der Waals surface area contributed by atoms with Gasteiger partial charge in [0.1, 0.15) is 24.0 Å². The van der Waals surface area contributed by atoms with Gasteiger partial charge in [0.2, 0.25) is 5.78 Å². The fourth-order valence-electron chi connectivity index (χ4n) is 4.25. The summed E-state index contributed by atoms with van der Waals surface area (Å²) < 4.78 is 17.4. The first-order valence-electron chi connectivity index (χ1n) is 11.0. The van der Waals surface area contributed by atoms with Crippen LogP contribution in [0.5, 0.6) is 17.2 Å². The van der Waals surface area contributed by atoms with Crippen LogP contribution in [0.2, 0.25) is 10.0 Å². The van der Waals surface area contributed by atoms with E-state index in [9.17, 15) is 4.79 Å². The standard InChI is InChI=1S/C27H23Cl2NO4/c1-16-11-23-20(14-30(15-33-23)10-9-17-3-6-19(32-2)7-4-17)27-25(16)26(31)24(34-27)13-18-5-8-21(28)22(29)12-18/h3-8,11-13H,9-10,14-15H2,1-2H3/b24-13+. The Morgan fingerprint density at radius 2 is 1.88 bits per heavy atom. The molecular weight excluding hydrogens is 473 g/mol. The molecule has 2 aliphatic rings. The zero-order valence-electron chi connectivity index (χ0n) is 18.9. The van der Waals surface area contributed by atoms with Gasteiger partial charge in [0.15, 0.2) is 5.76 Å². The lowest BCUT2D eigenvalue weighted by atomic mass is 9.98. The Bertz CT molecular complexity index is 1300. The van der Waals surface area contributed by atoms with Gasteiger partial charge in [-0.3, -0.25) is 9.69 Å². The van der Waals surface area contributed by atoms with Crippen molar-refractivity contribution in [3.8, 4) is 17.2 Å². The Labute approximate surface area is 208 Å². The molecule has 174 valence electrons. The Balaban J connectivity index is 1.37. The molecule has 0 amide bonds. The third-order valence-electron chi connectivity index (χ3n) is 6.10. The van der Waals surface area contributed by atoms with Crippen LogP contribution >= 0.6 is 23.2 Å². The molecule has 0 saturated carbocycles. The SMILES string of the molecule is COc1ccc(CCN2COc3cc(C)c4c(c3C2)O/C(=C/c2ccc(Cl)c(Cl)c2)C4=O)cc1. The highest BCUT2D eigenvalue weighted by Crippen LogP contribution is 2.44. The predicted molar refractivity (Wildman–Crippen MR) is 133 cm³/mol. The van der Waals surface area contributed by atoms with Crippen LogP contribution in [0.1, 0.15) is 32.6 Å². The zero-order valence-corrected chi connectivity index (χ0v) is 20.4. The van der Waals surface area contributed by atoms with Gasteiger partial charge >= 0.3 is 0 Å². The molecule has 0 aliphatic carbocycles. The van der Waals surface area contributed by atoms with Gasteiger partial charge in [-0.1, -0.05) is 41.4 Å². The second kappa shape index (κ2) is 9.34. The number of methoxy groups -OCH3 is 1. The molecule has 0 spiro atoms. The predicted octanol–water partition coefficient (Wildman–Crippen LogP) is 6.32. The maximum absolute atomic E-state index is 13.2. The molecule has 0 fully saturated rings. The number of benzene rings is 3. The van der Waals surface area contributed by atoms with Crippen molar-refractivity contribution in [2.45, 2.75) is 19.9 Å². The summed E-state index contributed by atoms with van der Waals surface area (Å²) in [5.74, 6) is 2.31. The summed E-state index contributed by atoms with van der Waals surface area (Å²) in [7, 11) is 1.66. The molecule has 34 heavy (non-hydrogen) atoms. The number of aryl methyl sites for hydroxylation is 1. The van der Waals surface area contributed by atoms with Gasteiger partial charge in [0, 0.05) is 13.1 Å². The fourth-order valence-corrected chi connectivity index (χ4v) is 4.56. The average molecular weight is 496 g/mol. The first-order chi connectivity index (χ1) is 16.4. The van der Waals surface area contributed by atoms with E-state index < -0.39 is 0 Å². The van der Waals surface area contributed by atoms with Crippen LogP contribution in [0.4, 0.5) is 0 Å². The number of hydrogen-bond acceptors (Lipinski definition) is 5. The first kappa shape index (κ1) is 22.8. The number of halogens is 2. The van der Waals surface area contributed by atoms with Crippen molar-refractivity contribution in [2.75, 3.05) is 20.4 Å². The second-order valence-corrected chi connectivity index (χ2v) is 9.23. The molecule has 0 atom stereocenters. The van der Waals surface area contributed by atoms with Crippen molar-refractivity contribution in [2.24, 2.45) is 0 Å². The summed E-state index contributed by atoms with van der Waals surface area (Å²) in [5.41, 5.74) is 4.29. The van der Waals surface area contributed by atoms with Crippen molar-refractivity contribution in [3.05, 3.63) is 92.2 Å². The van der Waals surface area contributed by atoms with Crippen molar-refractivity contribution >= 4 is 35.1 Å². The highest BCUT2D eigenvalue weighted by atomic mass is 35.5. The normalized spacial score (nSPS) is 16.1. The van der Waals surface area contributed by atoms with Crippen LogP contribution in [-0.2, 0) is 13.0 Å². The first-order valence-corrected chi connectivity index (χ1v) is 11.7. The third-order valence-corrected chi connectivity index (χ3v) is 6.84. The maximum atomic E-state index is 13.2. The largest absolute Gasteiger partial charge is 0.497 e. The monoisotopic (exact) mass is 495 g/mol. The number of carbonyl (C=O) groups excluding carboxylic acids is 1. The van der Waals surface area contributed by atoms with E-state index in [1.54, 1.807) is 31.4 Å². The third kappa shape index (κ3) is 4.39. The highest BCUT2D eigenvalue weighted by molar-refractivity contribution is 6.42. The fraction of sp³-hybridized carbons (Fsp3) is 0.222. The number of fused-ring (bicyclic) bond motifs is 3. The number of nitrogens with zero attached hydrogens (tertiary/aromatic N) is 1. The van der Waals surface area contributed by atoms with Gasteiger partial charge in [-0.05, 0) is 66.4 Å². The van der Waals surface area contributed by atoms with E-state index in [1.165, 1.54) is 5.56 Å². The quantitative estimate of drug-likeness (QED) is 0.387. The van der Waals surface area contributed by atoms with E-state index >= 15 is 0 Å². The van der Waals surface area contributed by atoms with Crippen LogP contribution in [0.25, 0.3) is 6.08 Å². The van der Waals surface area contributed by atoms with E-state index in [0.717, 1.165) is 41.2 Å². The van der Waals surface area contributed by atoms with Crippen molar-refractivity contribution < 1.29 is 19.0 Å². The molecule has 0 bridgehead atoms. The Morgan fingerprint density at radius 1 is 1.09 bits per heavy atom. The molecule has 7 heteroatoms. The van der Waals surface area contributed by atoms with Gasteiger partial charge in [-0.25, -0.2) is 0 Å². The minimum atomic E-state index is -0.142. The summed E-state index contributed by atoms with van der Waals surface area (Å²) in [4.78, 5) is 15.4. The summed E-state index contributed by atoms with van der Waals surface area (Å²) in [6, 6.07) is 15.2. The second-order valence-electron chi connectivity index (χ2n) is 8.41. The van der Waals surface area contributed by atoms with Crippen LogP contribution < -0.4 is 14.2 Å². The number of Topliss-reactive ketones (excluding diaryl/α,β-unsaturated/α-hetero) is 1. The highest BCUT2D eigenvalue weighted by Gasteiger charge is 2.35. The topological polar surface area (TPSA) is 48.0 Å². The molecule has 5 nitrogen and oxygen atoms in total. The average Bonchev–Trinajstić information content (AvgIpc) is 3.17. The lowest BCUT2D eigenvalue weighted by Crippen LogP contribution is -2.33. The minimum Gasteiger partial charge on any atom is -0.497 e. The van der Waals surface area contributed by atoms with Crippen LogP contribution in [0, 0.1) is 6.92 Å². The van der Waals surface area contributed by atoms with E-state index in [2.05, 4.69) is 17.0 Å². The number of ketones is 1. The molecule has 0 aromatic heterocycles. The number of rotatable bonds is 5. The van der Waals surface area contributed by atoms with E-state index in [-0.39, 0.29) is 11.5 Å². The van der Waals surface area contributed by atoms with Crippen LogP contribution in [0.15, 0.2) is 54.3 Å². The van der Waals surface area contributed by atoms with E-state index in [1.807, 2.05) is 25.1 Å². The lowest BCUT2D eigenvalue weighted by Gasteiger charge is -2.30. The van der Waals surface area contributed by atoms with Gasteiger partial charge in [-0.2, -0.15) is 0 Å². The molecule has 2 heterocycles. The van der Waals surface area contributed by atoms with E-state index in [0.29, 0.717) is 34.6 Å². The summed E-state index contributed by atoms with van der Waals surface area (Å²) in [6.07, 6.45) is 2.57. The van der Waals surface area contributed by atoms with Gasteiger partial charge in [0.05, 0.1) is 28.3 Å². The van der Waals surface area contributed by atoms with Gasteiger partial charge in [0.25, 0.3) is 0 Å². The molecule has 2 aliphatic heterocycles. The van der Waals surface area contributed by atoms with Crippen molar-refractivity contribution in [1.29, 1.82) is 0 Å². The van der Waals surface area contributed by atoms with Gasteiger partial charge in [-0.15, -0.1) is 0 Å². The number of hydrogen-bond donors (Lipinski definition) is 0.